The molecule has 0 aliphatic rings. The van der Waals surface area contributed by atoms with Crippen molar-refractivity contribution in [2.45, 2.75) is 6.92 Å². The summed E-state index contributed by atoms with van der Waals surface area (Å²) >= 11 is 0. The Morgan fingerprint density at radius 3 is 2.73 bits per heavy atom. The molecule has 1 amide bonds. The number of hydrogen-bond donors (Lipinski definition) is 1. The average molecular weight is 304 g/mol. The molecule has 7 heteroatoms. The molecule has 0 atom stereocenters. The Morgan fingerprint density at radius 1 is 1.36 bits per heavy atom. The number of rotatable bonds is 5. The normalized spacial score (nSPS) is 10.6. The average Bonchev–Trinajstić information content (AvgIpc) is 2.89. The molecule has 0 aliphatic heterocycles. The lowest BCUT2D eigenvalue weighted by Crippen LogP contribution is -2.19. The minimum absolute atomic E-state index is 0.181. The number of ether oxygens (including phenoxy) is 1. The van der Waals surface area contributed by atoms with Gasteiger partial charge in [-0.2, -0.15) is 0 Å². The van der Waals surface area contributed by atoms with Crippen molar-refractivity contribution in [3.63, 3.8) is 0 Å². The monoisotopic (exact) mass is 304 g/mol. The van der Waals surface area contributed by atoms with Gasteiger partial charge in [0.2, 0.25) is 5.88 Å². The first kappa shape index (κ1) is 15.4. The number of halogens is 1. The number of esters is 1. The molecular formula is C15H13FN2O4. The van der Waals surface area contributed by atoms with E-state index < -0.39 is 18.5 Å². The fourth-order valence-corrected chi connectivity index (χ4v) is 1.52. The number of nitrogens with zero attached hydrogens (tertiary/aromatic N) is 1. The van der Waals surface area contributed by atoms with Crippen LogP contribution in [0.25, 0.3) is 6.08 Å². The van der Waals surface area contributed by atoms with Gasteiger partial charge in [0.25, 0.3) is 5.91 Å². The Morgan fingerprint density at radius 2 is 2.09 bits per heavy atom. The summed E-state index contributed by atoms with van der Waals surface area (Å²) in [4.78, 5) is 22.9. The van der Waals surface area contributed by atoms with Crippen LogP contribution in [0.3, 0.4) is 0 Å². The Labute approximate surface area is 125 Å². The molecule has 0 saturated heterocycles. The molecule has 6 nitrogen and oxygen atoms in total. The molecule has 114 valence electrons. The lowest BCUT2D eigenvalue weighted by Gasteiger charge is -2.01. The number of carbonyl (C=O) groups excluding carboxylic acids is 2. The highest BCUT2D eigenvalue weighted by Gasteiger charge is 2.08. The van der Waals surface area contributed by atoms with Crippen LogP contribution in [0.5, 0.6) is 0 Å². The SMILES string of the molecule is Cc1cc(NC(=O)COC(=O)/C=C/c2ccc(F)cc2)on1. The highest BCUT2D eigenvalue weighted by Crippen LogP contribution is 2.08. The van der Waals surface area contributed by atoms with Crippen LogP contribution >= 0.6 is 0 Å². The van der Waals surface area contributed by atoms with Gasteiger partial charge in [0.1, 0.15) is 5.82 Å². The summed E-state index contributed by atoms with van der Waals surface area (Å²) in [6.07, 6.45) is 2.61. The van der Waals surface area contributed by atoms with Crippen molar-refractivity contribution in [3.05, 3.63) is 53.5 Å². The van der Waals surface area contributed by atoms with E-state index in [4.69, 9.17) is 9.26 Å². The maximum absolute atomic E-state index is 12.7. The van der Waals surface area contributed by atoms with Crippen LogP contribution in [0.1, 0.15) is 11.3 Å². The zero-order chi connectivity index (χ0) is 15.9. The highest BCUT2D eigenvalue weighted by molar-refractivity contribution is 5.93. The van der Waals surface area contributed by atoms with Crippen LogP contribution in [0.4, 0.5) is 10.3 Å². The molecule has 0 saturated carbocycles. The van der Waals surface area contributed by atoms with E-state index in [1.807, 2.05) is 0 Å². The van der Waals surface area contributed by atoms with Crippen LogP contribution < -0.4 is 5.32 Å². The molecule has 0 unspecified atom stereocenters. The molecule has 0 bridgehead atoms. The quantitative estimate of drug-likeness (QED) is 0.677. The van der Waals surface area contributed by atoms with Crippen molar-refractivity contribution < 1.29 is 23.2 Å². The maximum Gasteiger partial charge on any atom is 0.331 e. The topological polar surface area (TPSA) is 81.4 Å². The fraction of sp³-hybridized carbons (Fsp3) is 0.133. The standard InChI is InChI=1S/C15H13FN2O4/c1-10-8-14(22-18-10)17-13(19)9-21-15(20)7-4-11-2-5-12(16)6-3-11/h2-8H,9H2,1H3,(H,17,19)/b7-4+. The lowest BCUT2D eigenvalue weighted by atomic mass is 10.2. The molecule has 1 heterocycles. The van der Waals surface area contributed by atoms with Gasteiger partial charge in [0.15, 0.2) is 6.61 Å². The van der Waals surface area contributed by atoms with Crippen molar-refractivity contribution in [2.75, 3.05) is 11.9 Å². The first-order valence-electron chi connectivity index (χ1n) is 6.36. The van der Waals surface area contributed by atoms with E-state index in [2.05, 4.69) is 10.5 Å². The summed E-state index contributed by atoms with van der Waals surface area (Å²) in [5.41, 5.74) is 1.26. The highest BCUT2D eigenvalue weighted by atomic mass is 19.1. The van der Waals surface area contributed by atoms with Gasteiger partial charge < -0.3 is 9.26 Å². The predicted molar refractivity (Wildman–Crippen MR) is 76.3 cm³/mol. The molecule has 0 radical (unpaired) electrons. The summed E-state index contributed by atoms with van der Waals surface area (Å²) < 4.78 is 22.2. The smallest absolute Gasteiger partial charge is 0.331 e. The van der Waals surface area contributed by atoms with E-state index in [0.29, 0.717) is 11.3 Å². The first-order chi connectivity index (χ1) is 10.5. The van der Waals surface area contributed by atoms with Gasteiger partial charge >= 0.3 is 5.97 Å². The third-order valence-corrected chi connectivity index (χ3v) is 2.52. The third-order valence-electron chi connectivity index (χ3n) is 2.52. The minimum Gasteiger partial charge on any atom is -0.452 e. The number of anilines is 1. The Balaban J connectivity index is 1.77. The summed E-state index contributed by atoms with van der Waals surface area (Å²) in [7, 11) is 0. The van der Waals surface area contributed by atoms with Gasteiger partial charge in [-0.15, -0.1) is 0 Å². The van der Waals surface area contributed by atoms with Crippen LogP contribution in [0, 0.1) is 12.7 Å². The van der Waals surface area contributed by atoms with Crippen molar-refractivity contribution in [3.8, 4) is 0 Å². The van der Waals surface area contributed by atoms with E-state index in [-0.39, 0.29) is 11.7 Å². The second-order valence-electron chi connectivity index (χ2n) is 4.37. The Hall–Kier alpha value is -2.96. The molecule has 1 aromatic carbocycles. The predicted octanol–water partition coefficient (Wildman–Crippen LogP) is 2.32. The summed E-state index contributed by atoms with van der Waals surface area (Å²) in [6, 6.07) is 7.11. The third kappa shape index (κ3) is 4.86. The molecule has 2 aromatic rings. The van der Waals surface area contributed by atoms with E-state index >= 15 is 0 Å². The van der Waals surface area contributed by atoms with E-state index in [1.54, 1.807) is 6.92 Å². The van der Waals surface area contributed by atoms with E-state index in [1.165, 1.54) is 36.4 Å². The van der Waals surface area contributed by atoms with Crippen molar-refractivity contribution in [1.82, 2.24) is 5.16 Å². The van der Waals surface area contributed by atoms with Crippen molar-refractivity contribution in [1.29, 1.82) is 0 Å². The largest absolute Gasteiger partial charge is 0.452 e. The first-order valence-corrected chi connectivity index (χ1v) is 6.36. The number of carbonyl (C=O) groups is 2. The van der Waals surface area contributed by atoms with Crippen molar-refractivity contribution in [2.24, 2.45) is 0 Å². The number of aryl methyl sites for hydroxylation is 1. The molecule has 2 rings (SSSR count). The minimum atomic E-state index is -0.687. The van der Waals surface area contributed by atoms with E-state index in [0.717, 1.165) is 6.08 Å². The molecule has 22 heavy (non-hydrogen) atoms. The molecule has 0 aliphatic carbocycles. The number of aromatic nitrogens is 1. The molecule has 0 fully saturated rings. The molecular weight excluding hydrogens is 291 g/mol. The van der Waals surface area contributed by atoms with Gasteiger partial charge in [-0.3, -0.25) is 10.1 Å². The summed E-state index contributed by atoms with van der Waals surface area (Å²) in [5.74, 6) is -1.41. The van der Waals surface area contributed by atoms with Gasteiger partial charge in [-0.1, -0.05) is 17.3 Å². The van der Waals surface area contributed by atoms with Crippen LogP contribution in [0.15, 0.2) is 40.9 Å². The van der Waals surface area contributed by atoms with E-state index in [9.17, 15) is 14.0 Å². The summed E-state index contributed by atoms with van der Waals surface area (Å²) in [6.45, 7) is 1.26. The lowest BCUT2D eigenvalue weighted by molar-refractivity contribution is -0.142. The second-order valence-corrected chi connectivity index (χ2v) is 4.37. The van der Waals surface area contributed by atoms with Gasteiger partial charge in [0.05, 0.1) is 5.69 Å². The fourth-order valence-electron chi connectivity index (χ4n) is 1.52. The number of hydrogen-bond acceptors (Lipinski definition) is 5. The Bertz CT molecular complexity index is 692. The van der Waals surface area contributed by atoms with Crippen LogP contribution in [-0.2, 0) is 14.3 Å². The number of amides is 1. The van der Waals surface area contributed by atoms with Crippen LogP contribution in [-0.4, -0.2) is 23.6 Å². The maximum atomic E-state index is 12.7. The Kier molecular flexibility index (Phi) is 5.02. The van der Waals surface area contributed by atoms with Gasteiger partial charge in [-0.25, -0.2) is 9.18 Å². The number of benzene rings is 1. The molecule has 0 spiro atoms. The molecule has 1 N–H and O–H groups in total. The van der Waals surface area contributed by atoms with Crippen LogP contribution in [0.2, 0.25) is 0 Å². The van der Waals surface area contributed by atoms with Crippen molar-refractivity contribution >= 4 is 23.8 Å². The van der Waals surface area contributed by atoms with Gasteiger partial charge in [0, 0.05) is 12.1 Å². The second kappa shape index (κ2) is 7.16. The van der Waals surface area contributed by atoms with Gasteiger partial charge in [-0.05, 0) is 30.7 Å². The number of nitrogens with one attached hydrogen (secondary N) is 1. The zero-order valence-corrected chi connectivity index (χ0v) is 11.7. The summed E-state index contributed by atoms with van der Waals surface area (Å²) in [5, 5.41) is 5.99. The molecule has 1 aromatic heterocycles. The zero-order valence-electron chi connectivity index (χ0n) is 11.7.